The van der Waals surface area contributed by atoms with Crippen LogP contribution in [0.3, 0.4) is 0 Å². The Balaban J connectivity index is 1.84. The van der Waals surface area contributed by atoms with Gasteiger partial charge in [-0.1, -0.05) is 13.0 Å². The molecule has 0 bridgehead atoms. The van der Waals surface area contributed by atoms with Gasteiger partial charge in [-0.15, -0.1) is 0 Å². The number of hydrogen-bond acceptors (Lipinski definition) is 3. The number of aryl methyl sites for hydroxylation is 2. The predicted octanol–water partition coefficient (Wildman–Crippen LogP) is 3.97. The maximum atomic E-state index is 5.50. The number of ether oxygens (including phenoxy) is 1. The zero-order valence-corrected chi connectivity index (χ0v) is 14.4. The van der Waals surface area contributed by atoms with Crippen LogP contribution in [-0.4, -0.2) is 32.5 Å². The van der Waals surface area contributed by atoms with Crippen molar-refractivity contribution in [2.45, 2.75) is 45.7 Å². The molecule has 0 amide bonds. The normalized spacial score (nSPS) is 16.1. The molecule has 0 radical (unpaired) electrons. The molecule has 4 rings (SSSR count). The standard InChI is InChI=1S/C19H24N4O/c1-3-10-22-17-5-4-14(2)13-16(17)21-19(22)18-6-9-20-23(18)15-7-11-24-12-8-15/h4-6,9,13,15H,3,7-8,10-12H2,1-2H3. The molecular weight excluding hydrogens is 300 g/mol. The Labute approximate surface area is 142 Å². The molecule has 3 aromatic rings. The summed E-state index contributed by atoms with van der Waals surface area (Å²) in [6.07, 6.45) is 5.01. The summed E-state index contributed by atoms with van der Waals surface area (Å²) in [5.41, 5.74) is 4.63. The molecule has 0 unspecified atom stereocenters. The van der Waals surface area contributed by atoms with E-state index in [1.165, 1.54) is 11.1 Å². The zero-order chi connectivity index (χ0) is 16.5. The molecule has 0 atom stereocenters. The molecule has 1 fully saturated rings. The molecule has 5 nitrogen and oxygen atoms in total. The van der Waals surface area contributed by atoms with Crippen LogP contribution in [-0.2, 0) is 11.3 Å². The van der Waals surface area contributed by atoms with Crippen LogP contribution in [0, 0.1) is 6.92 Å². The first-order valence-electron chi connectivity index (χ1n) is 8.86. The molecule has 1 aliphatic rings. The van der Waals surface area contributed by atoms with Crippen LogP contribution in [0.2, 0.25) is 0 Å². The first kappa shape index (κ1) is 15.4. The summed E-state index contributed by atoms with van der Waals surface area (Å²) in [5.74, 6) is 1.03. The molecule has 1 aliphatic heterocycles. The predicted molar refractivity (Wildman–Crippen MR) is 95.1 cm³/mol. The van der Waals surface area contributed by atoms with Gasteiger partial charge in [-0.25, -0.2) is 4.98 Å². The lowest BCUT2D eigenvalue weighted by Crippen LogP contribution is -2.21. The average Bonchev–Trinajstić information content (AvgIpc) is 3.20. The summed E-state index contributed by atoms with van der Waals surface area (Å²) in [4.78, 5) is 4.96. The molecule has 2 aromatic heterocycles. The lowest BCUT2D eigenvalue weighted by molar-refractivity contribution is 0.0667. The van der Waals surface area contributed by atoms with E-state index in [4.69, 9.17) is 9.72 Å². The van der Waals surface area contributed by atoms with Crippen molar-refractivity contribution < 1.29 is 4.74 Å². The van der Waals surface area contributed by atoms with Crippen molar-refractivity contribution in [3.8, 4) is 11.5 Å². The molecule has 0 N–H and O–H groups in total. The summed E-state index contributed by atoms with van der Waals surface area (Å²) in [6.45, 7) is 6.92. The summed E-state index contributed by atoms with van der Waals surface area (Å²) in [5, 5.41) is 4.61. The van der Waals surface area contributed by atoms with Crippen LogP contribution in [0.1, 0.15) is 37.8 Å². The average molecular weight is 324 g/mol. The lowest BCUT2D eigenvalue weighted by Gasteiger charge is -2.24. The third kappa shape index (κ3) is 2.63. The first-order chi connectivity index (χ1) is 11.8. The SMILES string of the molecule is CCCn1c(-c2ccnn2C2CCOCC2)nc2cc(C)ccc21. The molecule has 1 saturated heterocycles. The van der Waals surface area contributed by atoms with Crippen LogP contribution in [0.15, 0.2) is 30.5 Å². The van der Waals surface area contributed by atoms with E-state index in [0.29, 0.717) is 6.04 Å². The second-order valence-electron chi connectivity index (χ2n) is 6.58. The highest BCUT2D eigenvalue weighted by molar-refractivity contribution is 5.80. The summed E-state index contributed by atoms with van der Waals surface area (Å²) < 4.78 is 10.00. The van der Waals surface area contributed by atoms with Crippen LogP contribution in [0.25, 0.3) is 22.6 Å². The van der Waals surface area contributed by atoms with E-state index in [-0.39, 0.29) is 0 Å². The van der Waals surface area contributed by atoms with Crippen molar-refractivity contribution >= 4 is 11.0 Å². The molecule has 0 saturated carbocycles. The van der Waals surface area contributed by atoms with E-state index in [1.807, 2.05) is 6.20 Å². The highest BCUT2D eigenvalue weighted by Crippen LogP contribution is 2.30. The van der Waals surface area contributed by atoms with Crippen LogP contribution < -0.4 is 0 Å². The van der Waals surface area contributed by atoms with E-state index in [0.717, 1.165) is 56.1 Å². The van der Waals surface area contributed by atoms with Crippen molar-refractivity contribution in [3.63, 3.8) is 0 Å². The molecule has 24 heavy (non-hydrogen) atoms. The van der Waals surface area contributed by atoms with Crippen molar-refractivity contribution in [1.29, 1.82) is 0 Å². The summed E-state index contributed by atoms with van der Waals surface area (Å²) in [6, 6.07) is 9.01. The minimum atomic E-state index is 0.403. The highest BCUT2D eigenvalue weighted by atomic mass is 16.5. The molecule has 0 aliphatic carbocycles. The van der Waals surface area contributed by atoms with Crippen molar-refractivity contribution in [2.75, 3.05) is 13.2 Å². The number of aromatic nitrogens is 4. The fourth-order valence-electron chi connectivity index (χ4n) is 3.60. The number of nitrogens with zero attached hydrogens (tertiary/aromatic N) is 4. The van der Waals surface area contributed by atoms with Gasteiger partial charge in [0, 0.05) is 26.0 Å². The van der Waals surface area contributed by atoms with Gasteiger partial charge in [0.2, 0.25) is 0 Å². The van der Waals surface area contributed by atoms with Gasteiger partial charge in [0.25, 0.3) is 0 Å². The van der Waals surface area contributed by atoms with Gasteiger partial charge in [-0.2, -0.15) is 5.10 Å². The van der Waals surface area contributed by atoms with Gasteiger partial charge in [0.15, 0.2) is 5.82 Å². The van der Waals surface area contributed by atoms with E-state index in [1.54, 1.807) is 0 Å². The first-order valence-corrected chi connectivity index (χ1v) is 8.86. The van der Waals surface area contributed by atoms with Crippen molar-refractivity contribution in [2.24, 2.45) is 0 Å². The molecule has 1 aromatic carbocycles. The van der Waals surface area contributed by atoms with Gasteiger partial charge >= 0.3 is 0 Å². The minimum Gasteiger partial charge on any atom is -0.381 e. The third-order valence-electron chi connectivity index (χ3n) is 4.79. The molecule has 3 heterocycles. The molecular formula is C19H24N4O. The van der Waals surface area contributed by atoms with E-state index >= 15 is 0 Å². The minimum absolute atomic E-state index is 0.403. The smallest absolute Gasteiger partial charge is 0.159 e. The van der Waals surface area contributed by atoms with Gasteiger partial charge < -0.3 is 9.30 Å². The van der Waals surface area contributed by atoms with Gasteiger partial charge in [-0.05, 0) is 49.9 Å². The maximum Gasteiger partial charge on any atom is 0.159 e. The van der Waals surface area contributed by atoms with E-state index < -0.39 is 0 Å². The number of fused-ring (bicyclic) bond motifs is 1. The van der Waals surface area contributed by atoms with Gasteiger partial charge in [-0.3, -0.25) is 4.68 Å². The van der Waals surface area contributed by atoms with Crippen LogP contribution in [0.5, 0.6) is 0 Å². The van der Waals surface area contributed by atoms with Gasteiger partial charge in [0.05, 0.1) is 17.1 Å². The number of hydrogen-bond donors (Lipinski definition) is 0. The van der Waals surface area contributed by atoms with Gasteiger partial charge in [0.1, 0.15) is 5.69 Å². The lowest BCUT2D eigenvalue weighted by atomic mass is 10.1. The second-order valence-corrected chi connectivity index (χ2v) is 6.58. The Morgan fingerprint density at radius 1 is 1.21 bits per heavy atom. The van der Waals surface area contributed by atoms with Crippen LogP contribution in [0.4, 0.5) is 0 Å². The fourth-order valence-corrected chi connectivity index (χ4v) is 3.60. The summed E-state index contributed by atoms with van der Waals surface area (Å²) in [7, 11) is 0. The fraction of sp³-hybridized carbons (Fsp3) is 0.474. The zero-order valence-electron chi connectivity index (χ0n) is 14.4. The van der Waals surface area contributed by atoms with Crippen LogP contribution >= 0.6 is 0 Å². The monoisotopic (exact) mass is 324 g/mol. The third-order valence-corrected chi connectivity index (χ3v) is 4.79. The Bertz CT molecular complexity index is 842. The highest BCUT2D eigenvalue weighted by Gasteiger charge is 2.22. The Morgan fingerprint density at radius 3 is 2.83 bits per heavy atom. The second kappa shape index (κ2) is 6.40. The number of rotatable bonds is 4. The molecule has 5 heteroatoms. The number of imidazole rings is 1. The Kier molecular flexibility index (Phi) is 4.10. The van der Waals surface area contributed by atoms with E-state index in [9.17, 15) is 0 Å². The quantitative estimate of drug-likeness (QED) is 0.729. The number of benzene rings is 1. The topological polar surface area (TPSA) is 44.9 Å². The van der Waals surface area contributed by atoms with Crippen molar-refractivity contribution in [1.82, 2.24) is 19.3 Å². The Hall–Kier alpha value is -2.14. The molecule has 126 valence electrons. The van der Waals surface area contributed by atoms with Crippen molar-refractivity contribution in [3.05, 3.63) is 36.0 Å². The Morgan fingerprint density at radius 2 is 2.04 bits per heavy atom. The molecule has 0 spiro atoms. The maximum absolute atomic E-state index is 5.50. The largest absolute Gasteiger partial charge is 0.381 e. The summed E-state index contributed by atoms with van der Waals surface area (Å²) >= 11 is 0. The van der Waals surface area contributed by atoms with E-state index in [2.05, 4.69) is 52.5 Å².